The zero-order valence-electron chi connectivity index (χ0n) is 22.2. The Morgan fingerprint density at radius 3 is 2.21 bits per heavy atom. The molecule has 0 heterocycles. The minimum atomic E-state index is -3.63. The fourth-order valence-corrected chi connectivity index (χ4v) is 5.67. The second-order valence-corrected chi connectivity index (χ2v) is 12.0. The van der Waals surface area contributed by atoms with Crippen LogP contribution in [0.3, 0.4) is 0 Å². The van der Waals surface area contributed by atoms with E-state index < -0.39 is 16.1 Å². The Hall–Kier alpha value is -3.07. The quantitative estimate of drug-likeness (QED) is 0.313. The van der Waals surface area contributed by atoms with Gasteiger partial charge in [-0.2, -0.15) is 0 Å². The van der Waals surface area contributed by atoms with Gasteiger partial charge >= 0.3 is 0 Å². The van der Waals surface area contributed by atoms with Crippen molar-refractivity contribution in [3.63, 3.8) is 0 Å². The number of anilines is 1. The van der Waals surface area contributed by atoms with E-state index in [2.05, 4.69) is 5.32 Å². The molecule has 10 heteroatoms. The van der Waals surface area contributed by atoms with Crippen LogP contribution in [0.15, 0.2) is 72.8 Å². The molecule has 1 atom stereocenters. The lowest BCUT2D eigenvalue weighted by Crippen LogP contribution is -2.49. The predicted octanol–water partition coefficient (Wildman–Crippen LogP) is 5.23. The van der Waals surface area contributed by atoms with Gasteiger partial charge in [0.2, 0.25) is 21.8 Å². The molecule has 0 bridgehead atoms. The van der Waals surface area contributed by atoms with Crippen LogP contribution in [0.1, 0.15) is 29.5 Å². The summed E-state index contributed by atoms with van der Waals surface area (Å²) in [5.41, 5.74) is 2.85. The smallest absolute Gasteiger partial charge is 0.242 e. The van der Waals surface area contributed by atoms with Gasteiger partial charge in [0.15, 0.2) is 0 Å². The molecule has 0 aliphatic carbocycles. The first-order valence-corrected chi connectivity index (χ1v) is 15.1. The van der Waals surface area contributed by atoms with E-state index in [1.165, 1.54) is 4.31 Å². The zero-order valence-corrected chi connectivity index (χ0v) is 24.6. The molecule has 7 nitrogen and oxygen atoms in total. The summed E-state index contributed by atoms with van der Waals surface area (Å²) in [6, 6.07) is 20.9. The number of amides is 2. The number of carbonyl (C=O) groups excluding carboxylic acids is 2. The molecular weight excluding hydrogens is 557 g/mol. The van der Waals surface area contributed by atoms with Crippen LogP contribution in [0.5, 0.6) is 0 Å². The highest BCUT2D eigenvalue weighted by Crippen LogP contribution is 2.28. The van der Waals surface area contributed by atoms with Gasteiger partial charge in [-0.25, -0.2) is 8.42 Å². The minimum absolute atomic E-state index is 0.0432. The summed E-state index contributed by atoms with van der Waals surface area (Å²) < 4.78 is 26.5. The molecule has 0 aliphatic rings. The molecular formula is C29H33Cl2N3O4S. The van der Waals surface area contributed by atoms with E-state index in [4.69, 9.17) is 23.2 Å². The van der Waals surface area contributed by atoms with Crippen molar-refractivity contribution >= 4 is 50.7 Å². The van der Waals surface area contributed by atoms with Gasteiger partial charge in [-0.3, -0.25) is 13.9 Å². The van der Waals surface area contributed by atoms with Gasteiger partial charge in [0.1, 0.15) is 6.04 Å². The van der Waals surface area contributed by atoms with Crippen molar-refractivity contribution in [2.75, 3.05) is 24.2 Å². The van der Waals surface area contributed by atoms with Crippen LogP contribution in [0.4, 0.5) is 5.69 Å². The Balaban J connectivity index is 1.86. The second kappa shape index (κ2) is 13.8. The first-order chi connectivity index (χ1) is 18.5. The molecule has 3 aromatic rings. The molecule has 0 saturated heterocycles. The number of hydrogen-bond acceptors (Lipinski definition) is 4. The van der Waals surface area contributed by atoms with Gasteiger partial charge in [0, 0.05) is 43.0 Å². The first kappa shape index (κ1) is 30.5. The maximum atomic E-state index is 13.7. The molecule has 2 amide bonds. The van der Waals surface area contributed by atoms with Gasteiger partial charge in [-0.15, -0.1) is 0 Å². The monoisotopic (exact) mass is 589 g/mol. The summed E-state index contributed by atoms with van der Waals surface area (Å²) in [7, 11) is -2.09. The van der Waals surface area contributed by atoms with E-state index in [0.29, 0.717) is 27.7 Å². The Kier molecular flexibility index (Phi) is 10.8. The highest BCUT2D eigenvalue weighted by molar-refractivity contribution is 7.92. The molecule has 0 spiro atoms. The molecule has 1 N–H and O–H groups in total. The summed E-state index contributed by atoms with van der Waals surface area (Å²) in [5, 5.41) is 3.72. The lowest BCUT2D eigenvalue weighted by atomic mass is 10.0. The molecule has 1 unspecified atom stereocenters. The number of benzene rings is 3. The summed E-state index contributed by atoms with van der Waals surface area (Å²) in [5.74, 6) is -0.542. The Labute approximate surface area is 240 Å². The maximum Gasteiger partial charge on any atom is 0.242 e. The van der Waals surface area contributed by atoms with Crippen LogP contribution in [-0.2, 0) is 32.6 Å². The molecule has 0 fully saturated rings. The number of likely N-dealkylation sites (N-methyl/N-ethyl adjacent to an activating group) is 1. The lowest BCUT2D eigenvalue weighted by molar-refractivity contribution is -0.141. The van der Waals surface area contributed by atoms with E-state index in [-0.39, 0.29) is 37.7 Å². The molecule has 39 heavy (non-hydrogen) atoms. The molecule has 0 radical (unpaired) electrons. The normalized spacial score (nSPS) is 12.0. The van der Waals surface area contributed by atoms with Crippen molar-refractivity contribution in [3.8, 4) is 0 Å². The number of carbonyl (C=O) groups is 2. The molecule has 0 aliphatic heterocycles. The number of sulfonamides is 1. The Morgan fingerprint density at radius 1 is 0.923 bits per heavy atom. The lowest BCUT2D eigenvalue weighted by Gasteiger charge is -2.31. The number of hydrogen-bond donors (Lipinski definition) is 1. The van der Waals surface area contributed by atoms with Gasteiger partial charge in [0.25, 0.3) is 0 Å². The summed E-state index contributed by atoms with van der Waals surface area (Å²) in [6.07, 6.45) is 1.75. The maximum absolute atomic E-state index is 13.7. The average Bonchev–Trinajstić information content (AvgIpc) is 2.91. The van der Waals surface area contributed by atoms with Gasteiger partial charge in [-0.1, -0.05) is 71.7 Å². The van der Waals surface area contributed by atoms with Crippen LogP contribution in [0.25, 0.3) is 0 Å². The van der Waals surface area contributed by atoms with Crippen LogP contribution < -0.4 is 9.62 Å². The minimum Gasteiger partial charge on any atom is -0.357 e. The predicted molar refractivity (Wildman–Crippen MR) is 158 cm³/mol. The van der Waals surface area contributed by atoms with Crippen molar-refractivity contribution in [2.45, 2.75) is 38.8 Å². The molecule has 208 valence electrons. The van der Waals surface area contributed by atoms with Crippen molar-refractivity contribution in [1.29, 1.82) is 0 Å². The fourth-order valence-electron chi connectivity index (χ4n) is 4.36. The first-order valence-electron chi connectivity index (χ1n) is 12.5. The number of rotatable bonds is 12. The Morgan fingerprint density at radius 2 is 1.59 bits per heavy atom. The van der Waals surface area contributed by atoms with Crippen LogP contribution in [-0.4, -0.2) is 51.0 Å². The molecule has 0 aromatic heterocycles. The van der Waals surface area contributed by atoms with E-state index in [9.17, 15) is 18.0 Å². The van der Waals surface area contributed by atoms with Crippen LogP contribution >= 0.6 is 23.2 Å². The average molecular weight is 591 g/mol. The highest BCUT2D eigenvalue weighted by atomic mass is 35.5. The van der Waals surface area contributed by atoms with E-state index >= 15 is 0 Å². The Bertz CT molecular complexity index is 1380. The molecule has 3 rings (SSSR count). The number of nitrogens with one attached hydrogen (secondary N) is 1. The van der Waals surface area contributed by atoms with Crippen molar-refractivity contribution in [1.82, 2.24) is 10.2 Å². The SMILES string of the molecule is CNC(=O)C(Cc1ccccc1)N(Cc1ccc(Cl)cc1)C(=O)CCCN(c1cccc(Cl)c1C)S(C)(=O)=O. The van der Waals surface area contributed by atoms with Gasteiger partial charge < -0.3 is 10.2 Å². The van der Waals surface area contributed by atoms with Crippen LogP contribution in [0.2, 0.25) is 10.0 Å². The summed E-state index contributed by atoms with van der Waals surface area (Å²) in [4.78, 5) is 28.3. The number of nitrogens with zero attached hydrogens (tertiary/aromatic N) is 2. The fraction of sp³-hybridized carbons (Fsp3) is 0.310. The third-order valence-electron chi connectivity index (χ3n) is 6.44. The van der Waals surface area contributed by atoms with E-state index in [1.54, 1.807) is 49.2 Å². The summed E-state index contributed by atoms with van der Waals surface area (Å²) >= 11 is 12.3. The van der Waals surface area contributed by atoms with Crippen molar-refractivity contribution < 1.29 is 18.0 Å². The number of halogens is 2. The van der Waals surface area contributed by atoms with E-state index in [0.717, 1.165) is 17.4 Å². The topological polar surface area (TPSA) is 86.8 Å². The van der Waals surface area contributed by atoms with E-state index in [1.807, 2.05) is 42.5 Å². The zero-order chi connectivity index (χ0) is 28.6. The largest absolute Gasteiger partial charge is 0.357 e. The third kappa shape index (κ3) is 8.46. The molecule has 3 aromatic carbocycles. The van der Waals surface area contributed by atoms with Gasteiger partial charge in [0.05, 0.1) is 11.9 Å². The molecule has 0 saturated carbocycles. The van der Waals surface area contributed by atoms with Gasteiger partial charge in [-0.05, 0) is 54.3 Å². The standard InChI is InChI=1S/C29H33Cl2N3O4S/c1-21-25(31)11-7-12-26(21)34(39(3,37)38)18-8-13-28(35)33(20-23-14-16-24(30)17-15-23)27(29(36)32-2)19-22-9-5-4-6-10-22/h4-7,9-12,14-17,27H,8,13,18-20H2,1-3H3,(H,32,36). The third-order valence-corrected chi connectivity index (χ3v) is 8.29. The van der Waals surface area contributed by atoms with Crippen molar-refractivity contribution in [2.24, 2.45) is 0 Å². The summed E-state index contributed by atoms with van der Waals surface area (Å²) in [6.45, 7) is 2.04. The highest BCUT2D eigenvalue weighted by Gasteiger charge is 2.30. The van der Waals surface area contributed by atoms with Crippen LogP contribution in [0, 0.1) is 6.92 Å². The van der Waals surface area contributed by atoms with Crippen molar-refractivity contribution in [3.05, 3.63) is 99.5 Å². The second-order valence-electron chi connectivity index (χ2n) is 9.29.